The molecule has 0 aromatic heterocycles. The number of hydrogen-bond acceptors (Lipinski definition) is 3. The standard InChI is InChI=1S/C7H20N3P/c1-7(4-8-2,5-9-3)6-10-11/h8-10H,4-6,11H2,1-3H3. The van der Waals surface area contributed by atoms with Gasteiger partial charge in [-0.2, -0.15) is 0 Å². The zero-order valence-corrected chi connectivity index (χ0v) is 8.85. The topological polar surface area (TPSA) is 36.1 Å². The first kappa shape index (κ1) is 11.3. The van der Waals surface area contributed by atoms with Gasteiger partial charge in [0.15, 0.2) is 0 Å². The first-order valence-electron chi connectivity index (χ1n) is 3.91. The van der Waals surface area contributed by atoms with Crippen LogP contribution in [0.4, 0.5) is 0 Å². The molecule has 0 saturated heterocycles. The molecule has 0 heterocycles. The lowest BCUT2D eigenvalue weighted by Gasteiger charge is -2.28. The number of rotatable bonds is 6. The van der Waals surface area contributed by atoms with Crippen LogP contribution < -0.4 is 15.7 Å². The quantitative estimate of drug-likeness (QED) is 0.492. The first-order chi connectivity index (χ1) is 5.18. The lowest BCUT2D eigenvalue weighted by Crippen LogP contribution is -2.43. The Labute approximate surface area is 72.0 Å². The Hall–Kier alpha value is 0.310. The van der Waals surface area contributed by atoms with Gasteiger partial charge in [0, 0.05) is 25.0 Å². The molecular weight excluding hydrogens is 157 g/mol. The molecule has 0 saturated carbocycles. The van der Waals surface area contributed by atoms with Crippen molar-refractivity contribution in [1.82, 2.24) is 15.7 Å². The normalized spacial score (nSPS) is 12.0. The summed E-state index contributed by atoms with van der Waals surface area (Å²) in [5, 5.41) is 9.49. The maximum absolute atomic E-state index is 3.19. The summed E-state index contributed by atoms with van der Waals surface area (Å²) in [6, 6.07) is 0. The fourth-order valence-corrected chi connectivity index (χ4v) is 1.78. The van der Waals surface area contributed by atoms with E-state index in [1.165, 1.54) is 0 Å². The van der Waals surface area contributed by atoms with Crippen molar-refractivity contribution in [3.63, 3.8) is 0 Å². The van der Waals surface area contributed by atoms with Crippen LogP contribution in [0.5, 0.6) is 0 Å². The summed E-state index contributed by atoms with van der Waals surface area (Å²) in [6.07, 6.45) is 0. The van der Waals surface area contributed by atoms with Crippen LogP contribution in [0.25, 0.3) is 0 Å². The second-order valence-corrected chi connectivity index (χ2v) is 3.66. The lowest BCUT2D eigenvalue weighted by molar-refractivity contribution is 0.307. The molecule has 68 valence electrons. The van der Waals surface area contributed by atoms with E-state index in [2.05, 4.69) is 32.0 Å². The van der Waals surface area contributed by atoms with Gasteiger partial charge in [0.1, 0.15) is 0 Å². The van der Waals surface area contributed by atoms with E-state index in [9.17, 15) is 0 Å². The van der Waals surface area contributed by atoms with Gasteiger partial charge in [-0.1, -0.05) is 16.3 Å². The lowest BCUT2D eigenvalue weighted by atomic mass is 9.91. The van der Waals surface area contributed by atoms with Crippen LogP contribution in [0.3, 0.4) is 0 Å². The zero-order chi connectivity index (χ0) is 8.74. The zero-order valence-electron chi connectivity index (χ0n) is 7.70. The molecule has 0 aromatic carbocycles. The molecule has 0 aliphatic carbocycles. The number of hydrogen-bond donors (Lipinski definition) is 3. The second-order valence-electron chi connectivity index (χ2n) is 3.25. The van der Waals surface area contributed by atoms with Crippen molar-refractivity contribution < 1.29 is 0 Å². The first-order valence-corrected chi connectivity index (χ1v) is 4.49. The average Bonchev–Trinajstić information content (AvgIpc) is 1.88. The number of nitrogens with one attached hydrogen (secondary N) is 3. The fraction of sp³-hybridized carbons (Fsp3) is 1.00. The molecule has 0 spiro atoms. The van der Waals surface area contributed by atoms with Gasteiger partial charge in [0.05, 0.1) is 0 Å². The Morgan fingerprint density at radius 1 is 1.09 bits per heavy atom. The monoisotopic (exact) mass is 177 g/mol. The van der Waals surface area contributed by atoms with Gasteiger partial charge in [-0.15, -0.1) is 0 Å². The Balaban J connectivity index is 3.79. The van der Waals surface area contributed by atoms with Gasteiger partial charge in [-0.05, 0) is 14.1 Å². The highest BCUT2D eigenvalue weighted by Crippen LogP contribution is 2.12. The third-order valence-corrected chi connectivity index (χ3v) is 1.94. The molecule has 0 aliphatic rings. The van der Waals surface area contributed by atoms with E-state index in [1.54, 1.807) is 0 Å². The molecule has 0 fully saturated rings. The van der Waals surface area contributed by atoms with Gasteiger partial charge in [-0.25, -0.2) is 0 Å². The molecular formula is C7H20N3P. The van der Waals surface area contributed by atoms with E-state index < -0.39 is 0 Å². The van der Waals surface area contributed by atoms with Crippen molar-refractivity contribution in [3.05, 3.63) is 0 Å². The summed E-state index contributed by atoms with van der Waals surface area (Å²) >= 11 is 0. The Morgan fingerprint density at radius 2 is 1.55 bits per heavy atom. The third-order valence-electron chi connectivity index (χ3n) is 1.74. The van der Waals surface area contributed by atoms with Gasteiger partial charge >= 0.3 is 0 Å². The smallest absolute Gasteiger partial charge is 0.00640 e. The van der Waals surface area contributed by atoms with Crippen LogP contribution >= 0.6 is 9.39 Å². The van der Waals surface area contributed by atoms with Gasteiger partial charge in [-0.3, -0.25) is 0 Å². The van der Waals surface area contributed by atoms with Crippen molar-refractivity contribution in [2.24, 2.45) is 5.41 Å². The average molecular weight is 177 g/mol. The predicted octanol–water partition coefficient (Wildman–Crippen LogP) is -0.189. The highest BCUT2D eigenvalue weighted by Gasteiger charge is 2.20. The molecule has 3 N–H and O–H groups in total. The molecule has 0 bridgehead atoms. The second kappa shape index (κ2) is 5.90. The van der Waals surface area contributed by atoms with Crippen LogP contribution in [0, 0.1) is 5.41 Å². The molecule has 4 heteroatoms. The van der Waals surface area contributed by atoms with E-state index in [1.807, 2.05) is 14.1 Å². The summed E-state index contributed by atoms with van der Waals surface area (Å²) in [5.74, 6) is 0. The Morgan fingerprint density at radius 3 is 1.82 bits per heavy atom. The van der Waals surface area contributed by atoms with Crippen LogP contribution in [-0.4, -0.2) is 33.7 Å². The van der Waals surface area contributed by atoms with E-state index in [0.29, 0.717) is 5.41 Å². The molecule has 3 nitrogen and oxygen atoms in total. The van der Waals surface area contributed by atoms with E-state index in [0.717, 1.165) is 19.6 Å². The van der Waals surface area contributed by atoms with Crippen LogP contribution in [0.2, 0.25) is 0 Å². The summed E-state index contributed by atoms with van der Waals surface area (Å²) in [7, 11) is 6.50. The van der Waals surface area contributed by atoms with E-state index >= 15 is 0 Å². The van der Waals surface area contributed by atoms with Crippen molar-refractivity contribution in [2.45, 2.75) is 6.92 Å². The minimum atomic E-state index is 0.297. The summed E-state index contributed by atoms with van der Waals surface area (Å²) < 4.78 is 0. The van der Waals surface area contributed by atoms with Crippen LogP contribution in [0.1, 0.15) is 6.92 Å². The van der Waals surface area contributed by atoms with Gasteiger partial charge in [0.2, 0.25) is 0 Å². The minimum Gasteiger partial charge on any atom is -0.319 e. The molecule has 0 radical (unpaired) electrons. The van der Waals surface area contributed by atoms with E-state index in [4.69, 9.17) is 0 Å². The van der Waals surface area contributed by atoms with Crippen molar-refractivity contribution in [3.8, 4) is 0 Å². The SMILES string of the molecule is CNCC(C)(CNC)CNP. The summed E-state index contributed by atoms with van der Waals surface area (Å²) in [4.78, 5) is 0. The Bertz CT molecular complexity index is 80.7. The van der Waals surface area contributed by atoms with Crippen LogP contribution in [0.15, 0.2) is 0 Å². The summed E-state index contributed by atoms with van der Waals surface area (Å²) in [6.45, 7) is 5.29. The predicted molar refractivity (Wildman–Crippen MR) is 53.7 cm³/mol. The fourth-order valence-electron chi connectivity index (χ4n) is 1.29. The molecule has 11 heavy (non-hydrogen) atoms. The minimum absolute atomic E-state index is 0.297. The highest BCUT2D eigenvalue weighted by atomic mass is 31.0. The molecule has 1 unspecified atom stereocenters. The maximum atomic E-state index is 3.19. The van der Waals surface area contributed by atoms with Crippen molar-refractivity contribution in [1.29, 1.82) is 0 Å². The van der Waals surface area contributed by atoms with Crippen molar-refractivity contribution in [2.75, 3.05) is 33.7 Å². The van der Waals surface area contributed by atoms with Gasteiger partial charge in [0.25, 0.3) is 0 Å². The molecule has 1 atom stereocenters. The highest BCUT2D eigenvalue weighted by molar-refractivity contribution is 7.13. The summed E-state index contributed by atoms with van der Waals surface area (Å²) in [5.41, 5.74) is 0.297. The molecule has 0 amide bonds. The largest absolute Gasteiger partial charge is 0.319 e. The maximum Gasteiger partial charge on any atom is 0.00640 e. The Kier molecular flexibility index (Phi) is 6.06. The third kappa shape index (κ3) is 4.70. The molecule has 0 rings (SSSR count). The van der Waals surface area contributed by atoms with Crippen LogP contribution in [-0.2, 0) is 0 Å². The molecule has 0 aromatic rings. The molecule has 0 aliphatic heterocycles. The van der Waals surface area contributed by atoms with E-state index in [-0.39, 0.29) is 0 Å². The van der Waals surface area contributed by atoms with Crippen molar-refractivity contribution >= 4 is 9.39 Å². The van der Waals surface area contributed by atoms with Gasteiger partial charge < -0.3 is 15.7 Å².